The lowest BCUT2D eigenvalue weighted by Crippen LogP contribution is -2.27. The van der Waals surface area contributed by atoms with E-state index in [1.54, 1.807) is 6.08 Å². The van der Waals surface area contributed by atoms with Gasteiger partial charge in [0.25, 0.3) is 0 Å². The predicted molar refractivity (Wildman–Crippen MR) is 100 cm³/mol. The molecular weight excluding hydrogens is 298 g/mol. The highest BCUT2D eigenvalue weighted by Gasteiger charge is 2.20. The van der Waals surface area contributed by atoms with Crippen LogP contribution in [0.1, 0.15) is 84.0 Å². The number of rotatable bonds is 2. The van der Waals surface area contributed by atoms with Gasteiger partial charge >= 0.3 is 5.97 Å². The second-order valence-corrected chi connectivity index (χ2v) is 7.66. The Bertz CT molecular complexity index is 367. The molecule has 2 unspecified atom stereocenters. The molecule has 0 radical (unpaired) electrons. The highest BCUT2D eigenvalue weighted by molar-refractivity contribution is 5.82. The Morgan fingerprint density at radius 1 is 1.00 bits per heavy atom. The fraction of sp³-hybridized carbons (Fsp3) is 0.857. The second kappa shape index (κ2) is 11.7. The Hall–Kier alpha value is -0.830. The number of hydrogen-bond acceptors (Lipinski definition) is 3. The molecule has 0 amide bonds. The fourth-order valence-electron chi connectivity index (χ4n) is 4.17. The van der Waals surface area contributed by atoms with E-state index in [-0.39, 0.29) is 5.97 Å². The first-order valence-electron chi connectivity index (χ1n) is 10.4. The minimum atomic E-state index is -0.150. The molecule has 2 saturated heterocycles. The van der Waals surface area contributed by atoms with Crippen molar-refractivity contribution in [1.29, 1.82) is 0 Å². The molecule has 138 valence electrons. The van der Waals surface area contributed by atoms with Crippen LogP contribution in [0, 0.1) is 5.92 Å². The van der Waals surface area contributed by atoms with Gasteiger partial charge in [-0.25, -0.2) is 4.79 Å². The molecule has 24 heavy (non-hydrogen) atoms. The largest absolute Gasteiger partial charge is 0.463 e. The van der Waals surface area contributed by atoms with Crippen molar-refractivity contribution < 1.29 is 9.53 Å². The van der Waals surface area contributed by atoms with Crippen LogP contribution in [0.4, 0.5) is 0 Å². The maximum Gasteiger partial charge on any atom is 0.330 e. The number of carbonyl (C=O) groups is 1. The molecule has 2 rings (SSSR count). The van der Waals surface area contributed by atoms with Crippen LogP contribution in [0.3, 0.4) is 0 Å². The van der Waals surface area contributed by atoms with E-state index in [0.29, 0.717) is 6.61 Å². The van der Waals surface area contributed by atoms with Crippen LogP contribution in [0.15, 0.2) is 11.6 Å². The zero-order valence-electron chi connectivity index (χ0n) is 15.7. The molecule has 0 aliphatic carbocycles. The number of esters is 1. The summed E-state index contributed by atoms with van der Waals surface area (Å²) in [5.74, 6) is 0.600. The third-order valence-corrected chi connectivity index (χ3v) is 5.53. The maximum absolute atomic E-state index is 11.9. The van der Waals surface area contributed by atoms with E-state index in [1.807, 2.05) is 6.92 Å². The van der Waals surface area contributed by atoms with Crippen LogP contribution in [-0.2, 0) is 9.53 Å². The van der Waals surface area contributed by atoms with Crippen molar-refractivity contribution in [3.63, 3.8) is 0 Å². The van der Waals surface area contributed by atoms with Crippen LogP contribution in [0.5, 0.6) is 0 Å². The Labute approximate surface area is 148 Å². The molecule has 3 nitrogen and oxygen atoms in total. The molecule has 0 N–H and O–H groups in total. The van der Waals surface area contributed by atoms with Crippen molar-refractivity contribution in [2.24, 2.45) is 5.92 Å². The summed E-state index contributed by atoms with van der Waals surface area (Å²) in [6.45, 7) is 5.70. The number of nitrogens with zero attached hydrogens (tertiary/aromatic N) is 1. The number of ether oxygens (including phenoxy) is 1. The Morgan fingerprint density at radius 2 is 1.67 bits per heavy atom. The van der Waals surface area contributed by atoms with Crippen molar-refractivity contribution in [2.75, 3.05) is 26.2 Å². The molecule has 2 fully saturated rings. The van der Waals surface area contributed by atoms with Gasteiger partial charge in [0.1, 0.15) is 0 Å². The minimum Gasteiger partial charge on any atom is -0.463 e. The van der Waals surface area contributed by atoms with Crippen LogP contribution >= 0.6 is 0 Å². The van der Waals surface area contributed by atoms with Crippen LogP contribution in [0.25, 0.3) is 0 Å². The maximum atomic E-state index is 11.9. The average molecular weight is 336 g/mol. The van der Waals surface area contributed by atoms with Crippen molar-refractivity contribution in [3.05, 3.63) is 11.6 Å². The topological polar surface area (TPSA) is 29.5 Å². The van der Waals surface area contributed by atoms with E-state index >= 15 is 0 Å². The Kier molecular flexibility index (Phi) is 9.48. The van der Waals surface area contributed by atoms with E-state index in [0.717, 1.165) is 18.9 Å². The SMILES string of the molecule is CCOC(=O)C=C1CC2CCCCCCCCCCCN(CC2)C1. The van der Waals surface area contributed by atoms with Gasteiger partial charge in [-0.05, 0) is 50.8 Å². The smallest absolute Gasteiger partial charge is 0.330 e. The molecule has 2 heterocycles. The summed E-state index contributed by atoms with van der Waals surface area (Å²) in [5, 5.41) is 0. The molecule has 2 aliphatic rings. The summed E-state index contributed by atoms with van der Waals surface area (Å²) < 4.78 is 5.14. The van der Waals surface area contributed by atoms with Crippen molar-refractivity contribution in [1.82, 2.24) is 4.90 Å². The lowest BCUT2D eigenvalue weighted by molar-refractivity contribution is -0.137. The van der Waals surface area contributed by atoms with Gasteiger partial charge < -0.3 is 4.74 Å². The number of carbonyl (C=O) groups excluding carboxylic acids is 1. The molecule has 3 heteroatoms. The first-order valence-corrected chi connectivity index (χ1v) is 10.4. The van der Waals surface area contributed by atoms with Crippen LogP contribution < -0.4 is 0 Å². The van der Waals surface area contributed by atoms with E-state index in [9.17, 15) is 4.79 Å². The summed E-state index contributed by atoms with van der Waals surface area (Å²) in [4.78, 5) is 14.5. The van der Waals surface area contributed by atoms with Gasteiger partial charge in [0.15, 0.2) is 0 Å². The third kappa shape index (κ3) is 7.83. The highest BCUT2D eigenvalue weighted by Crippen LogP contribution is 2.27. The van der Waals surface area contributed by atoms with E-state index in [1.165, 1.54) is 89.3 Å². The number of fused-ring (bicyclic) bond motifs is 3. The lowest BCUT2D eigenvalue weighted by Gasteiger charge is -2.20. The van der Waals surface area contributed by atoms with E-state index < -0.39 is 0 Å². The first-order chi connectivity index (χ1) is 11.8. The van der Waals surface area contributed by atoms with Gasteiger partial charge in [-0.2, -0.15) is 0 Å². The molecular formula is C21H37NO2. The second-order valence-electron chi connectivity index (χ2n) is 7.66. The summed E-state index contributed by atoms with van der Waals surface area (Å²) in [6, 6.07) is 0. The molecule has 0 aromatic carbocycles. The summed E-state index contributed by atoms with van der Waals surface area (Å²) in [5.41, 5.74) is 1.29. The van der Waals surface area contributed by atoms with Gasteiger partial charge in [0, 0.05) is 12.6 Å². The van der Waals surface area contributed by atoms with Crippen molar-refractivity contribution in [2.45, 2.75) is 84.0 Å². The molecule has 2 atom stereocenters. The molecule has 2 aliphatic heterocycles. The standard InChI is InChI=1S/C21H37NO2/c1-2-24-21(23)17-20-16-19-12-10-8-6-4-3-5-7-9-11-14-22(18-20)15-13-19/h17,19H,2-16,18H2,1H3. The molecule has 0 aromatic heterocycles. The monoisotopic (exact) mass is 335 g/mol. The quantitative estimate of drug-likeness (QED) is 0.519. The average Bonchev–Trinajstić information content (AvgIpc) is 2.74. The van der Waals surface area contributed by atoms with Gasteiger partial charge in [0.05, 0.1) is 6.61 Å². The zero-order chi connectivity index (χ0) is 17.0. The summed E-state index contributed by atoms with van der Waals surface area (Å²) in [6.07, 6.45) is 18.0. The molecule has 2 bridgehead atoms. The van der Waals surface area contributed by atoms with E-state index in [2.05, 4.69) is 4.90 Å². The molecule has 0 aromatic rings. The normalized spacial score (nSPS) is 29.5. The van der Waals surface area contributed by atoms with Gasteiger partial charge in [-0.15, -0.1) is 0 Å². The molecule has 0 spiro atoms. The van der Waals surface area contributed by atoms with Crippen molar-refractivity contribution in [3.8, 4) is 0 Å². The van der Waals surface area contributed by atoms with Gasteiger partial charge in [0.2, 0.25) is 0 Å². The van der Waals surface area contributed by atoms with Gasteiger partial charge in [-0.1, -0.05) is 57.8 Å². The summed E-state index contributed by atoms with van der Waals surface area (Å²) >= 11 is 0. The molecule has 0 saturated carbocycles. The third-order valence-electron chi connectivity index (χ3n) is 5.53. The van der Waals surface area contributed by atoms with Crippen LogP contribution in [-0.4, -0.2) is 37.1 Å². The lowest BCUT2D eigenvalue weighted by atomic mass is 9.91. The van der Waals surface area contributed by atoms with Gasteiger partial charge in [-0.3, -0.25) is 4.90 Å². The Balaban J connectivity index is 1.98. The zero-order valence-corrected chi connectivity index (χ0v) is 15.7. The highest BCUT2D eigenvalue weighted by atomic mass is 16.5. The minimum absolute atomic E-state index is 0.150. The van der Waals surface area contributed by atoms with Crippen molar-refractivity contribution >= 4 is 5.97 Å². The Morgan fingerprint density at radius 3 is 2.38 bits per heavy atom. The summed E-state index contributed by atoms with van der Waals surface area (Å²) in [7, 11) is 0. The predicted octanol–water partition coefficient (Wildman–Crippen LogP) is 5.10. The first kappa shape index (κ1) is 19.5. The fourth-order valence-corrected chi connectivity index (χ4v) is 4.17. The van der Waals surface area contributed by atoms with Crippen LogP contribution in [0.2, 0.25) is 0 Å². The van der Waals surface area contributed by atoms with E-state index in [4.69, 9.17) is 4.74 Å². The number of hydrogen-bond donors (Lipinski definition) is 0.